The molecule has 1 atom stereocenters. The lowest BCUT2D eigenvalue weighted by Gasteiger charge is -2.18. The van der Waals surface area contributed by atoms with Crippen LogP contribution in [0.25, 0.3) is 10.9 Å². The van der Waals surface area contributed by atoms with Crippen LogP contribution in [0.5, 0.6) is 5.75 Å². The third-order valence-electron chi connectivity index (χ3n) is 5.07. The molecule has 2 aromatic heterocycles. The molecule has 0 bridgehead atoms. The molecule has 0 radical (unpaired) electrons. The van der Waals surface area contributed by atoms with E-state index >= 15 is 0 Å². The van der Waals surface area contributed by atoms with Crippen LogP contribution in [0.4, 0.5) is 0 Å². The van der Waals surface area contributed by atoms with Crippen molar-refractivity contribution in [2.24, 2.45) is 0 Å². The zero-order valence-electron chi connectivity index (χ0n) is 17.4. The summed E-state index contributed by atoms with van der Waals surface area (Å²) < 4.78 is 10.9. The Hall–Kier alpha value is -3.58. The lowest BCUT2D eigenvalue weighted by molar-refractivity contribution is -0.140. The Bertz CT molecular complexity index is 1300. The highest BCUT2D eigenvalue weighted by Crippen LogP contribution is 2.35. The van der Waals surface area contributed by atoms with Crippen molar-refractivity contribution in [3.05, 3.63) is 100 Å². The maximum atomic E-state index is 12.5. The van der Waals surface area contributed by atoms with Crippen molar-refractivity contribution < 1.29 is 19.1 Å². The summed E-state index contributed by atoms with van der Waals surface area (Å²) in [6.45, 7) is 0. The van der Waals surface area contributed by atoms with Gasteiger partial charge in [-0.2, -0.15) is 0 Å². The molecule has 32 heavy (non-hydrogen) atoms. The van der Waals surface area contributed by atoms with Crippen molar-refractivity contribution in [2.75, 3.05) is 7.11 Å². The predicted molar refractivity (Wildman–Crippen MR) is 123 cm³/mol. The van der Waals surface area contributed by atoms with Crippen molar-refractivity contribution in [1.29, 1.82) is 0 Å². The molecule has 0 unspecified atom stereocenters. The number of carbonyl (C=O) groups excluding carboxylic acids is 1. The molecule has 0 aliphatic heterocycles. The van der Waals surface area contributed by atoms with Crippen LogP contribution in [0.1, 0.15) is 29.4 Å². The maximum absolute atomic E-state index is 12.5. The van der Waals surface area contributed by atoms with E-state index in [-0.39, 0.29) is 12.2 Å². The summed E-state index contributed by atoms with van der Waals surface area (Å²) >= 11 is 1.51. The number of hydrogen-bond donors (Lipinski definition) is 1. The molecule has 2 heterocycles. The van der Waals surface area contributed by atoms with Gasteiger partial charge in [-0.1, -0.05) is 30.3 Å². The van der Waals surface area contributed by atoms with Crippen LogP contribution in [0, 0.1) is 0 Å². The quantitative estimate of drug-likeness (QED) is 0.319. The minimum absolute atomic E-state index is 0.0507. The third-order valence-corrected chi connectivity index (χ3v) is 6.10. The van der Waals surface area contributed by atoms with Gasteiger partial charge in [0.2, 0.25) is 11.2 Å². The summed E-state index contributed by atoms with van der Waals surface area (Å²) in [5.74, 6) is -0.810. The second-order valence-corrected chi connectivity index (χ2v) is 8.23. The molecule has 4 aromatic rings. The average Bonchev–Trinajstić information content (AvgIpc) is 2.83. The fourth-order valence-electron chi connectivity index (χ4n) is 3.46. The number of esters is 1. The van der Waals surface area contributed by atoms with Crippen LogP contribution < -0.4 is 5.43 Å². The molecule has 0 saturated heterocycles. The normalized spacial score (nSPS) is 11.9. The highest BCUT2D eigenvalue weighted by atomic mass is 32.2. The lowest BCUT2D eigenvalue weighted by atomic mass is 9.91. The van der Waals surface area contributed by atoms with Crippen molar-refractivity contribution in [3.63, 3.8) is 0 Å². The number of pyridine rings is 1. The van der Waals surface area contributed by atoms with Crippen LogP contribution in [0.3, 0.4) is 0 Å². The van der Waals surface area contributed by atoms with Crippen molar-refractivity contribution in [1.82, 2.24) is 4.98 Å². The van der Waals surface area contributed by atoms with Crippen molar-refractivity contribution in [2.45, 2.75) is 23.0 Å². The summed E-state index contributed by atoms with van der Waals surface area (Å²) in [5.41, 5.74) is 0.959. The third kappa shape index (κ3) is 4.84. The summed E-state index contributed by atoms with van der Waals surface area (Å²) in [5, 5.41) is 11.4. The van der Waals surface area contributed by atoms with E-state index in [1.54, 1.807) is 6.20 Å². The molecule has 1 N–H and O–H groups in total. The fourth-order valence-corrected chi connectivity index (χ4v) is 4.26. The molecule has 162 valence electrons. The number of fused-ring (bicyclic) bond motifs is 1. The first-order valence-corrected chi connectivity index (χ1v) is 11.0. The Morgan fingerprint density at radius 2 is 1.94 bits per heavy atom. The molecule has 2 aromatic carbocycles. The van der Waals surface area contributed by atoms with E-state index in [2.05, 4.69) is 4.98 Å². The lowest BCUT2D eigenvalue weighted by Crippen LogP contribution is -2.14. The molecule has 4 rings (SSSR count). The van der Waals surface area contributed by atoms with Gasteiger partial charge < -0.3 is 14.3 Å². The first kappa shape index (κ1) is 21.6. The van der Waals surface area contributed by atoms with E-state index < -0.39 is 23.1 Å². The van der Waals surface area contributed by atoms with E-state index in [0.29, 0.717) is 17.1 Å². The van der Waals surface area contributed by atoms with Crippen molar-refractivity contribution in [3.8, 4) is 5.75 Å². The Morgan fingerprint density at radius 3 is 2.72 bits per heavy atom. The highest BCUT2D eigenvalue weighted by Gasteiger charge is 2.27. The first-order valence-electron chi connectivity index (χ1n) is 10.0. The Balaban J connectivity index is 1.74. The summed E-state index contributed by atoms with van der Waals surface area (Å²) in [6, 6.07) is 20.3. The van der Waals surface area contributed by atoms with E-state index in [0.717, 1.165) is 15.8 Å². The van der Waals surface area contributed by atoms with Gasteiger partial charge in [-0.3, -0.25) is 14.6 Å². The molecule has 0 saturated carbocycles. The first-order chi connectivity index (χ1) is 15.5. The van der Waals surface area contributed by atoms with Crippen LogP contribution in [-0.4, -0.2) is 23.2 Å². The fraction of sp³-hybridized carbons (Fsp3) is 0.160. The topological polar surface area (TPSA) is 89.6 Å². The number of nitrogens with zero attached hydrogens (tertiary/aromatic N) is 1. The smallest absolute Gasteiger partial charge is 0.306 e. The molecule has 6 nitrogen and oxygen atoms in total. The Kier molecular flexibility index (Phi) is 6.56. The number of benzene rings is 2. The Labute approximate surface area is 188 Å². The molecule has 0 spiro atoms. The molecular weight excluding hydrogens is 426 g/mol. The molecule has 0 amide bonds. The highest BCUT2D eigenvalue weighted by molar-refractivity contribution is 7.98. The number of hydrogen-bond acceptors (Lipinski definition) is 7. The van der Waals surface area contributed by atoms with Gasteiger partial charge >= 0.3 is 5.97 Å². The standard InChI is InChI=1S/C25H21NO5S/c1-30-23(28)14-20(16-9-10-21-17(12-16)6-5-11-26-21)25-24(29)22(27)13-18(31-25)15-32-19-7-3-2-4-8-19/h2-13,20,29H,14-15H2,1H3/t20-/m1/s1. The SMILES string of the molecule is COC(=O)C[C@H](c1ccc2ncccc2c1)c1oc(CSc2ccccc2)cc(=O)c1O. The zero-order valence-corrected chi connectivity index (χ0v) is 18.2. The van der Waals surface area contributed by atoms with Crippen LogP contribution in [0.2, 0.25) is 0 Å². The molecule has 0 fully saturated rings. The van der Waals surface area contributed by atoms with Gasteiger partial charge in [-0.05, 0) is 35.9 Å². The summed E-state index contributed by atoms with van der Waals surface area (Å²) in [6.07, 6.45) is 1.61. The van der Waals surface area contributed by atoms with E-state index in [1.165, 1.54) is 24.9 Å². The van der Waals surface area contributed by atoms with Gasteiger partial charge in [0, 0.05) is 22.5 Å². The van der Waals surface area contributed by atoms with Crippen molar-refractivity contribution >= 4 is 28.6 Å². The number of thioether (sulfide) groups is 1. The van der Waals surface area contributed by atoms with Crippen LogP contribution in [0.15, 0.2) is 87.0 Å². The van der Waals surface area contributed by atoms with Gasteiger partial charge in [0.05, 0.1) is 30.7 Å². The largest absolute Gasteiger partial charge is 0.502 e. The number of rotatable bonds is 7. The number of aromatic nitrogens is 1. The van der Waals surface area contributed by atoms with E-state index in [9.17, 15) is 14.7 Å². The zero-order chi connectivity index (χ0) is 22.5. The molecule has 0 aliphatic carbocycles. The average molecular weight is 448 g/mol. The minimum Gasteiger partial charge on any atom is -0.502 e. The predicted octanol–water partition coefficient (Wildman–Crippen LogP) is 4.88. The number of methoxy groups -OCH3 is 1. The molecule has 7 heteroatoms. The summed E-state index contributed by atoms with van der Waals surface area (Å²) in [7, 11) is 1.30. The van der Waals surface area contributed by atoms with Gasteiger partial charge in [0.25, 0.3) is 0 Å². The van der Waals surface area contributed by atoms with Crippen LogP contribution in [-0.2, 0) is 15.3 Å². The summed E-state index contributed by atoms with van der Waals surface area (Å²) in [4.78, 5) is 30.1. The number of ether oxygens (including phenoxy) is 1. The molecule has 0 aliphatic rings. The maximum Gasteiger partial charge on any atom is 0.306 e. The number of aromatic hydroxyl groups is 1. The number of carbonyl (C=O) groups is 1. The van der Waals surface area contributed by atoms with E-state index in [4.69, 9.17) is 9.15 Å². The second-order valence-electron chi connectivity index (χ2n) is 7.18. The van der Waals surface area contributed by atoms with Gasteiger partial charge in [0.15, 0.2) is 5.76 Å². The second kappa shape index (κ2) is 9.70. The monoisotopic (exact) mass is 447 g/mol. The van der Waals surface area contributed by atoms with Crippen LogP contribution >= 0.6 is 11.8 Å². The van der Waals surface area contributed by atoms with Gasteiger partial charge in [-0.15, -0.1) is 11.8 Å². The minimum atomic E-state index is -0.693. The van der Waals surface area contributed by atoms with Gasteiger partial charge in [-0.25, -0.2) is 0 Å². The van der Waals surface area contributed by atoms with E-state index in [1.807, 2.05) is 60.7 Å². The van der Waals surface area contributed by atoms with Gasteiger partial charge in [0.1, 0.15) is 5.76 Å². The molecular formula is C25H21NO5S. The Morgan fingerprint density at radius 1 is 1.12 bits per heavy atom.